The SMILES string of the molecule is COC(=O)CC(NC(=O)C1CCN(S(=O)(=O)c2cccs2)CC1)c1ccc(F)cc1. The van der Waals surface area contributed by atoms with Crippen molar-refractivity contribution in [2.45, 2.75) is 29.5 Å². The van der Waals surface area contributed by atoms with Crippen molar-refractivity contribution in [1.82, 2.24) is 9.62 Å². The third-order valence-corrected chi connectivity index (χ3v) is 8.37. The summed E-state index contributed by atoms with van der Waals surface area (Å²) in [6, 6.07) is 8.16. The zero-order valence-corrected chi connectivity index (χ0v) is 18.0. The average molecular weight is 455 g/mol. The van der Waals surface area contributed by atoms with Gasteiger partial charge >= 0.3 is 5.97 Å². The van der Waals surface area contributed by atoms with Gasteiger partial charge in [0.05, 0.1) is 19.6 Å². The number of hydrogen-bond acceptors (Lipinski definition) is 6. The number of halogens is 1. The molecule has 1 aliphatic rings. The number of rotatable bonds is 7. The molecule has 1 saturated heterocycles. The molecule has 0 spiro atoms. The van der Waals surface area contributed by atoms with Gasteiger partial charge in [0, 0.05) is 19.0 Å². The first-order valence-electron chi connectivity index (χ1n) is 9.47. The van der Waals surface area contributed by atoms with Gasteiger partial charge in [0.1, 0.15) is 10.0 Å². The number of thiophene rings is 1. The largest absolute Gasteiger partial charge is 0.469 e. The van der Waals surface area contributed by atoms with Crippen molar-refractivity contribution in [2.75, 3.05) is 20.2 Å². The highest BCUT2D eigenvalue weighted by atomic mass is 32.2. The van der Waals surface area contributed by atoms with Crippen molar-refractivity contribution in [1.29, 1.82) is 0 Å². The smallest absolute Gasteiger partial charge is 0.307 e. The van der Waals surface area contributed by atoms with Gasteiger partial charge in [-0.2, -0.15) is 4.31 Å². The van der Waals surface area contributed by atoms with E-state index in [1.165, 1.54) is 47.0 Å². The second-order valence-electron chi connectivity index (χ2n) is 7.00. The Morgan fingerprint density at radius 3 is 2.47 bits per heavy atom. The van der Waals surface area contributed by atoms with Crippen molar-refractivity contribution in [2.24, 2.45) is 5.92 Å². The summed E-state index contributed by atoms with van der Waals surface area (Å²) in [5.41, 5.74) is 0.591. The van der Waals surface area contributed by atoms with E-state index in [-0.39, 0.29) is 31.3 Å². The number of benzene rings is 1. The van der Waals surface area contributed by atoms with E-state index in [1.54, 1.807) is 17.5 Å². The fourth-order valence-electron chi connectivity index (χ4n) is 3.38. The minimum absolute atomic E-state index is 0.0839. The first-order chi connectivity index (χ1) is 14.3. The summed E-state index contributed by atoms with van der Waals surface area (Å²) in [5, 5.41) is 4.55. The van der Waals surface area contributed by atoms with E-state index in [0.29, 0.717) is 22.6 Å². The zero-order chi connectivity index (χ0) is 21.7. The minimum Gasteiger partial charge on any atom is -0.469 e. The van der Waals surface area contributed by atoms with Crippen molar-refractivity contribution in [3.05, 3.63) is 53.2 Å². The van der Waals surface area contributed by atoms with Crippen molar-refractivity contribution >= 4 is 33.2 Å². The van der Waals surface area contributed by atoms with Gasteiger partial charge in [-0.25, -0.2) is 12.8 Å². The van der Waals surface area contributed by atoms with Gasteiger partial charge in [-0.3, -0.25) is 9.59 Å². The molecule has 3 rings (SSSR count). The number of nitrogens with one attached hydrogen (secondary N) is 1. The lowest BCUT2D eigenvalue weighted by Gasteiger charge is -2.31. The molecule has 1 aromatic carbocycles. The van der Waals surface area contributed by atoms with Crippen LogP contribution >= 0.6 is 11.3 Å². The third-order valence-electron chi connectivity index (χ3n) is 5.10. The van der Waals surface area contributed by atoms with Gasteiger partial charge < -0.3 is 10.1 Å². The second-order valence-corrected chi connectivity index (χ2v) is 10.1. The van der Waals surface area contributed by atoms with Crippen molar-refractivity contribution < 1.29 is 27.1 Å². The number of carbonyl (C=O) groups excluding carboxylic acids is 2. The number of piperidine rings is 1. The molecule has 1 fully saturated rings. The van der Waals surface area contributed by atoms with Crippen LogP contribution in [-0.2, 0) is 24.3 Å². The molecular formula is C20H23FN2O5S2. The molecule has 0 bridgehead atoms. The van der Waals surface area contributed by atoms with Gasteiger partial charge in [-0.05, 0) is 42.0 Å². The first-order valence-corrected chi connectivity index (χ1v) is 11.8. The summed E-state index contributed by atoms with van der Waals surface area (Å²) in [4.78, 5) is 24.6. The molecule has 2 heterocycles. The summed E-state index contributed by atoms with van der Waals surface area (Å²) in [6.45, 7) is 0.493. The zero-order valence-electron chi connectivity index (χ0n) is 16.4. The van der Waals surface area contributed by atoms with E-state index >= 15 is 0 Å². The molecule has 0 aliphatic carbocycles. The lowest BCUT2D eigenvalue weighted by molar-refractivity contribution is -0.141. The summed E-state index contributed by atoms with van der Waals surface area (Å²) in [7, 11) is -2.27. The Morgan fingerprint density at radius 1 is 1.23 bits per heavy atom. The molecule has 162 valence electrons. The Balaban J connectivity index is 1.64. The summed E-state index contributed by atoms with van der Waals surface area (Å²) >= 11 is 1.17. The molecule has 10 heteroatoms. The van der Waals surface area contributed by atoms with E-state index < -0.39 is 27.9 Å². The lowest BCUT2D eigenvalue weighted by atomic mass is 9.95. The number of sulfonamides is 1. The number of carbonyl (C=O) groups is 2. The van der Waals surface area contributed by atoms with Crippen LogP contribution in [0, 0.1) is 11.7 Å². The number of amides is 1. The molecule has 2 aromatic rings. The van der Waals surface area contributed by atoms with Crippen LogP contribution in [-0.4, -0.2) is 44.8 Å². The van der Waals surface area contributed by atoms with Crippen LogP contribution < -0.4 is 5.32 Å². The lowest BCUT2D eigenvalue weighted by Crippen LogP contribution is -2.43. The highest BCUT2D eigenvalue weighted by molar-refractivity contribution is 7.91. The molecule has 1 unspecified atom stereocenters. The number of esters is 1. The second kappa shape index (κ2) is 9.67. The predicted octanol–water partition coefficient (Wildman–Crippen LogP) is 2.71. The van der Waals surface area contributed by atoms with Crippen molar-refractivity contribution in [3.8, 4) is 0 Å². The minimum atomic E-state index is -3.53. The number of ether oxygens (including phenoxy) is 1. The average Bonchev–Trinajstić information content (AvgIpc) is 3.29. The summed E-state index contributed by atoms with van der Waals surface area (Å²) < 4.78 is 44.9. The Kier molecular flexibility index (Phi) is 7.22. The van der Waals surface area contributed by atoms with Gasteiger partial charge in [0.2, 0.25) is 5.91 Å². The van der Waals surface area contributed by atoms with Crippen LogP contribution in [0.25, 0.3) is 0 Å². The third kappa shape index (κ3) is 5.24. The molecule has 1 aliphatic heterocycles. The number of methoxy groups -OCH3 is 1. The Morgan fingerprint density at radius 2 is 1.90 bits per heavy atom. The molecule has 1 atom stereocenters. The van der Waals surface area contributed by atoms with Gasteiger partial charge in [0.15, 0.2) is 0 Å². The van der Waals surface area contributed by atoms with Crippen LogP contribution in [0.4, 0.5) is 4.39 Å². The van der Waals surface area contributed by atoms with Crippen LogP contribution in [0.3, 0.4) is 0 Å². The molecule has 1 amide bonds. The molecule has 0 saturated carbocycles. The quantitative estimate of drug-likeness (QED) is 0.650. The van der Waals surface area contributed by atoms with E-state index in [0.717, 1.165) is 0 Å². The maximum absolute atomic E-state index is 13.2. The molecule has 7 nitrogen and oxygen atoms in total. The van der Waals surface area contributed by atoms with E-state index in [2.05, 4.69) is 5.32 Å². The highest BCUT2D eigenvalue weighted by Crippen LogP contribution is 2.27. The predicted molar refractivity (Wildman–Crippen MR) is 110 cm³/mol. The van der Waals surface area contributed by atoms with E-state index in [4.69, 9.17) is 4.74 Å². The monoisotopic (exact) mass is 454 g/mol. The van der Waals surface area contributed by atoms with Crippen LogP contribution in [0.2, 0.25) is 0 Å². The molecule has 1 aromatic heterocycles. The maximum atomic E-state index is 13.2. The molecule has 1 N–H and O–H groups in total. The Hall–Kier alpha value is -2.30. The molecular weight excluding hydrogens is 431 g/mol. The first kappa shape index (κ1) is 22.4. The maximum Gasteiger partial charge on any atom is 0.307 e. The normalized spacial score (nSPS) is 16.7. The number of hydrogen-bond donors (Lipinski definition) is 1. The Labute approximate surface area is 178 Å². The van der Waals surface area contributed by atoms with Crippen LogP contribution in [0.5, 0.6) is 0 Å². The van der Waals surface area contributed by atoms with Gasteiger partial charge in [-0.15, -0.1) is 11.3 Å². The summed E-state index contributed by atoms with van der Waals surface area (Å²) in [6.07, 6.45) is 0.676. The standard InChI is InChI=1S/C20H23FN2O5S2/c1-28-18(24)13-17(14-4-6-16(21)7-5-14)22-20(25)15-8-10-23(11-9-15)30(26,27)19-3-2-12-29-19/h2-7,12,15,17H,8-11,13H2,1H3,(H,22,25). The highest BCUT2D eigenvalue weighted by Gasteiger charge is 2.33. The van der Waals surface area contributed by atoms with E-state index in [1.807, 2.05) is 0 Å². The van der Waals surface area contributed by atoms with Crippen LogP contribution in [0.15, 0.2) is 46.0 Å². The fourth-order valence-corrected chi connectivity index (χ4v) is 6.00. The molecule has 0 radical (unpaired) electrons. The topological polar surface area (TPSA) is 92.8 Å². The van der Waals surface area contributed by atoms with Gasteiger partial charge in [-0.1, -0.05) is 18.2 Å². The van der Waals surface area contributed by atoms with Gasteiger partial charge in [0.25, 0.3) is 10.0 Å². The molecule has 30 heavy (non-hydrogen) atoms. The number of nitrogens with zero attached hydrogens (tertiary/aromatic N) is 1. The van der Waals surface area contributed by atoms with E-state index in [9.17, 15) is 22.4 Å². The Bertz CT molecular complexity index is 969. The fraction of sp³-hybridized carbons (Fsp3) is 0.400. The summed E-state index contributed by atoms with van der Waals surface area (Å²) in [5.74, 6) is -1.55. The van der Waals surface area contributed by atoms with Crippen molar-refractivity contribution in [3.63, 3.8) is 0 Å². The van der Waals surface area contributed by atoms with Crippen LogP contribution in [0.1, 0.15) is 30.9 Å².